The Morgan fingerprint density at radius 3 is 2.43 bits per heavy atom. The number of aryl methyl sites for hydroxylation is 1. The lowest BCUT2D eigenvalue weighted by molar-refractivity contribution is -0.141. The zero-order chi connectivity index (χ0) is 30.8. The van der Waals surface area contributed by atoms with E-state index >= 15 is 0 Å². The van der Waals surface area contributed by atoms with E-state index in [9.17, 15) is 27.2 Å². The first-order valence-corrected chi connectivity index (χ1v) is 13.6. The van der Waals surface area contributed by atoms with Crippen LogP contribution in [0.5, 0.6) is 5.88 Å². The predicted octanol–water partition coefficient (Wildman–Crippen LogP) is 6.62. The maximum Gasteiger partial charge on any atom is 0.433 e. The molecule has 2 amide bonds. The molecule has 0 aliphatic carbocycles. The third kappa shape index (κ3) is 7.09. The van der Waals surface area contributed by atoms with Gasteiger partial charge in [0.05, 0.1) is 30.2 Å². The molecule has 0 atom stereocenters. The molecule has 0 spiro atoms. The largest absolute Gasteiger partial charge is 0.481 e. The minimum absolute atomic E-state index is 0.126. The second kappa shape index (κ2) is 12.1. The number of amides is 2. The van der Waals surface area contributed by atoms with Crippen molar-refractivity contribution in [1.29, 1.82) is 0 Å². The van der Waals surface area contributed by atoms with E-state index in [2.05, 4.69) is 31.2 Å². The quantitative estimate of drug-likeness (QED) is 0.174. The minimum atomic E-state index is -4.78. The molecule has 0 fully saturated rings. The highest BCUT2D eigenvalue weighted by Gasteiger charge is 2.38. The van der Waals surface area contributed by atoms with E-state index in [4.69, 9.17) is 9.47 Å². The number of nitrogens with one attached hydrogen (secondary N) is 1. The molecule has 2 aromatic heterocycles. The summed E-state index contributed by atoms with van der Waals surface area (Å²) in [5.41, 5.74) is -0.767. The van der Waals surface area contributed by atoms with Gasteiger partial charge in [0.15, 0.2) is 0 Å². The summed E-state index contributed by atoms with van der Waals surface area (Å²) < 4.78 is 65.8. The van der Waals surface area contributed by atoms with Crippen LogP contribution in [0.3, 0.4) is 0 Å². The average molecular weight is 654 g/mol. The maximum atomic E-state index is 14.4. The van der Waals surface area contributed by atoms with Gasteiger partial charge in [0.1, 0.15) is 28.4 Å². The van der Waals surface area contributed by atoms with Crippen molar-refractivity contribution in [3.05, 3.63) is 69.8 Å². The number of aromatic nitrogens is 2. The van der Waals surface area contributed by atoms with Crippen LogP contribution in [0.15, 0.2) is 47.2 Å². The zero-order valence-corrected chi connectivity index (χ0v) is 24.8. The van der Waals surface area contributed by atoms with Crippen LogP contribution >= 0.6 is 15.9 Å². The van der Waals surface area contributed by atoms with Crippen molar-refractivity contribution >= 4 is 45.0 Å². The maximum absolute atomic E-state index is 14.4. The number of hydrogen-bond donors (Lipinski definition) is 1. The molecule has 224 valence electrons. The molecule has 1 aromatic carbocycles. The fourth-order valence-corrected chi connectivity index (χ4v) is 4.86. The summed E-state index contributed by atoms with van der Waals surface area (Å²) in [5, 5.41) is 2.65. The first-order chi connectivity index (χ1) is 19.7. The number of anilines is 3. The Hall–Kier alpha value is -3.94. The van der Waals surface area contributed by atoms with Crippen LogP contribution < -0.4 is 19.9 Å². The molecule has 3 aromatic rings. The van der Waals surface area contributed by atoms with Gasteiger partial charge >= 0.3 is 12.3 Å². The van der Waals surface area contributed by atoms with E-state index in [1.165, 1.54) is 36.3 Å². The second-order valence-corrected chi connectivity index (χ2v) is 11.1. The predicted molar refractivity (Wildman–Crippen MR) is 151 cm³/mol. The zero-order valence-electron chi connectivity index (χ0n) is 23.2. The molecule has 1 aliphatic rings. The molecule has 0 bridgehead atoms. The summed E-state index contributed by atoms with van der Waals surface area (Å²) in [7, 11) is 1.42. The van der Waals surface area contributed by atoms with Crippen molar-refractivity contribution in [1.82, 2.24) is 15.3 Å². The molecule has 14 heteroatoms. The highest BCUT2D eigenvalue weighted by atomic mass is 79.9. The molecule has 0 radical (unpaired) electrons. The van der Waals surface area contributed by atoms with Gasteiger partial charge in [-0.3, -0.25) is 9.69 Å². The molecule has 42 heavy (non-hydrogen) atoms. The Morgan fingerprint density at radius 2 is 1.79 bits per heavy atom. The summed E-state index contributed by atoms with van der Waals surface area (Å²) in [6.07, 6.45) is -3.69. The lowest BCUT2D eigenvalue weighted by atomic mass is 10.0. The topological polar surface area (TPSA) is 96.9 Å². The monoisotopic (exact) mass is 653 g/mol. The lowest BCUT2D eigenvalue weighted by Crippen LogP contribution is -2.45. The molecule has 1 aliphatic heterocycles. The van der Waals surface area contributed by atoms with E-state index in [1.807, 2.05) is 0 Å². The number of nitrogens with zero attached hydrogens (tertiary/aromatic N) is 4. The van der Waals surface area contributed by atoms with E-state index in [0.717, 1.165) is 6.20 Å². The Labute approximate surface area is 248 Å². The van der Waals surface area contributed by atoms with Crippen LogP contribution in [0, 0.1) is 5.82 Å². The number of alkyl halides is 3. The molecule has 1 N–H and O–H groups in total. The molecule has 4 rings (SSSR count). The Kier molecular flexibility index (Phi) is 8.95. The number of halogens is 5. The van der Waals surface area contributed by atoms with Crippen LogP contribution in [-0.2, 0) is 17.3 Å². The smallest absolute Gasteiger partial charge is 0.433 e. The van der Waals surface area contributed by atoms with Gasteiger partial charge in [-0.05, 0) is 85.4 Å². The molecule has 0 unspecified atom stereocenters. The van der Waals surface area contributed by atoms with Crippen molar-refractivity contribution < 1.29 is 36.6 Å². The highest BCUT2D eigenvalue weighted by molar-refractivity contribution is 9.10. The first kappa shape index (κ1) is 31.0. The summed E-state index contributed by atoms with van der Waals surface area (Å²) in [6, 6.07) is 7.79. The number of methoxy groups -OCH3 is 1. The number of alkyl carbamates (subject to hydrolysis) is 1. The highest BCUT2D eigenvalue weighted by Crippen LogP contribution is 2.41. The summed E-state index contributed by atoms with van der Waals surface area (Å²) in [4.78, 5) is 36.3. The van der Waals surface area contributed by atoms with Crippen LogP contribution in [0.25, 0.3) is 0 Å². The summed E-state index contributed by atoms with van der Waals surface area (Å²) in [5.74, 6) is -0.963. The Morgan fingerprint density at radius 1 is 1.07 bits per heavy atom. The van der Waals surface area contributed by atoms with Crippen molar-refractivity contribution in [2.75, 3.05) is 30.1 Å². The van der Waals surface area contributed by atoms with Crippen molar-refractivity contribution in [3.8, 4) is 5.88 Å². The number of pyridine rings is 2. The number of benzene rings is 1. The van der Waals surface area contributed by atoms with Crippen molar-refractivity contribution in [2.24, 2.45) is 0 Å². The second-order valence-electron chi connectivity index (χ2n) is 10.4. The van der Waals surface area contributed by atoms with Crippen LogP contribution in [0.1, 0.15) is 48.8 Å². The fourth-order valence-electron chi connectivity index (χ4n) is 4.33. The number of fused-ring (bicyclic) bond motifs is 1. The van der Waals surface area contributed by atoms with E-state index < -0.39 is 35.3 Å². The lowest BCUT2D eigenvalue weighted by Gasteiger charge is -2.39. The molecule has 0 saturated carbocycles. The molecule has 0 saturated heterocycles. The SMILES string of the molecule is COc1ccc(N2CN(c3ccc(F)cc3CCCNC(=O)OC(C)(C)C)c3cnc(C(F)(F)F)cc3C2=O)c(Br)n1. The number of rotatable bonds is 7. The number of hydrogen-bond acceptors (Lipinski definition) is 7. The van der Waals surface area contributed by atoms with Crippen LogP contribution in [0.4, 0.5) is 39.4 Å². The van der Waals surface area contributed by atoms with E-state index in [-0.39, 0.29) is 40.6 Å². The standard InChI is InChI=1S/C28H28BrF4N5O4/c1-27(2,3)42-26(40)34-11-5-6-16-12-17(30)7-8-19(16)37-15-38(20-9-10-23(41-4)36-24(20)29)25(39)18-13-22(28(31,32)33)35-14-21(18)37/h7-10,12-14H,5-6,11,15H2,1-4H3,(H,34,40). The number of carbonyl (C=O) groups is 2. The summed E-state index contributed by atoms with van der Waals surface area (Å²) >= 11 is 3.32. The summed E-state index contributed by atoms with van der Waals surface area (Å²) in [6.45, 7) is 5.31. The third-order valence-corrected chi connectivity index (χ3v) is 6.73. The van der Waals surface area contributed by atoms with Crippen molar-refractivity contribution in [3.63, 3.8) is 0 Å². The number of carbonyl (C=O) groups excluding carboxylic acids is 2. The molecular formula is C28H28BrF4N5O4. The average Bonchev–Trinajstić information content (AvgIpc) is 2.90. The normalized spacial score (nSPS) is 13.6. The van der Waals surface area contributed by atoms with Crippen LogP contribution in [-0.4, -0.2) is 47.9 Å². The fraction of sp³-hybridized carbons (Fsp3) is 0.357. The third-order valence-electron chi connectivity index (χ3n) is 6.15. The first-order valence-electron chi connectivity index (χ1n) is 12.8. The molecular weight excluding hydrogens is 626 g/mol. The van der Waals surface area contributed by atoms with E-state index in [1.54, 1.807) is 31.7 Å². The van der Waals surface area contributed by atoms with Gasteiger partial charge in [-0.15, -0.1) is 0 Å². The Balaban J connectivity index is 1.71. The minimum Gasteiger partial charge on any atom is -0.481 e. The molecule has 9 nitrogen and oxygen atoms in total. The van der Waals surface area contributed by atoms with Gasteiger partial charge in [0.2, 0.25) is 5.88 Å². The van der Waals surface area contributed by atoms with Gasteiger partial charge in [-0.25, -0.2) is 19.2 Å². The van der Waals surface area contributed by atoms with Gasteiger partial charge in [-0.1, -0.05) is 0 Å². The number of ether oxygens (including phenoxy) is 2. The molecule has 3 heterocycles. The van der Waals surface area contributed by atoms with Crippen molar-refractivity contribution in [2.45, 2.75) is 45.4 Å². The Bertz CT molecular complexity index is 1500. The van der Waals surface area contributed by atoms with Gasteiger partial charge in [-0.2, -0.15) is 13.2 Å². The van der Waals surface area contributed by atoms with Crippen LogP contribution in [0.2, 0.25) is 0 Å². The van der Waals surface area contributed by atoms with Gasteiger partial charge in [0.25, 0.3) is 5.91 Å². The van der Waals surface area contributed by atoms with E-state index in [0.29, 0.717) is 30.2 Å². The van der Waals surface area contributed by atoms with Gasteiger partial charge in [0, 0.05) is 18.3 Å². The van der Waals surface area contributed by atoms with Gasteiger partial charge < -0.3 is 19.7 Å².